The van der Waals surface area contributed by atoms with E-state index in [1.54, 1.807) is 0 Å². The molecule has 0 aliphatic heterocycles. The van der Waals surface area contributed by atoms with Gasteiger partial charge in [0.2, 0.25) is 0 Å². The van der Waals surface area contributed by atoms with Crippen LogP contribution in [0.3, 0.4) is 0 Å². The molecule has 1 nitrogen and oxygen atoms in total. The first kappa shape index (κ1) is 9.70. The van der Waals surface area contributed by atoms with E-state index in [2.05, 4.69) is 13.0 Å². The van der Waals surface area contributed by atoms with Gasteiger partial charge in [-0.2, -0.15) is 0 Å². The van der Waals surface area contributed by atoms with Gasteiger partial charge in [-0.05, 0) is 19.3 Å². The van der Waals surface area contributed by atoms with Crippen LogP contribution in [0.4, 0.5) is 0 Å². The lowest BCUT2D eigenvalue weighted by atomic mass is 10.2. The van der Waals surface area contributed by atoms with Crippen LogP contribution in [0, 0.1) is 0 Å². The van der Waals surface area contributed by atoms with Crippen molar-refractivity contribution in [3.63, 3.8) is 0 Å². The molecule has 0 saturated heterocycles. The number of allylic oxidation sites excluding steroid dienone is 1. The van der Waals surface area contributed by atoms with Crippen molar-refractivity contribution in [2.45, 2.75) is 45.6 Å². The van der Waals surface area contributed by atoms with Crippen molar-refractivity contribution in [3.8, 4) is 0 Å². The Morgan fingerprint density at radius 2 is 2.00 bits per heavy atom. The van der Waals surface area contributed by atoms with Crippen molar-refractivity contribution in [1.82, 2.24) is 0 Å². The van der Waals surface area contributed by atoms with E-state index in [1.807, 2.05) is 13.0 Å². The number of hydrogen-bond donors (Lipinski definition) is 0. The van der Waals surface area contributed by atoms with Gasteiger partial charge < -0.3 is 0 Å². The highest BCUT2D eigenvalue weighted by atomic mass is 16.3. The molecule has 0 spiro atoms. The van der Waals surface area contributed by atoms with Crippen LogP contribution >= 0.6 is 0 Å². The molecule has 1 atom stereocenters. The van der Waals surface area contributed by atoms with E-state index in [0.29, 0.717) is 6.42 Å². The third-order valence-corrected chi connectivity index (χ3v) is 1.48. The van der Waals surface area contributed by atoms with Crippen LogP contribution in [0.1, 0.15) is 39.5 Å². The van der Waals surface area contributed by atoms with Gasteiger partial charge in [-0.1, -0.05) is 32.4 Å². The van der Waals surface area contributed by atoms with Gasteiger partial charge in [0.1, 0.15) is 0 Å². The summed E-state index contributed by atoms with van der Waals surface area (Å²) in [4.78, 5) is 0. The van der Waals surface area contributed by atoms with E-state index < -0.39 is 0 Å². The maximum Gasteiger partial charge on any atom is 0.0961 e. The topological polar surface area (TPSA) is 19.9 Å². The van der Waals surface area contributed by atoms with E-state index in [0.717, 1.165) is 12.8 Å². The molecule has 0 heterocycles. The number of rotatable bonds is 5. The predicted octanol–water partition coefficient (Wildman–Crippen LogP) is 2.94. The third kappa shape index (κ3) is 5.83. The van der Waals surface area contributed by atoms with Gasteiger partial charge in [-0.15, -0.1) is 0 Å². The summed E-state index contributed by atoms with van der Waals surface area (Å²) in [5, 5.41) is 10.8. The van der Waals surface area contributed by atoms with Crippen LogP contribution in [0.15, 0.2) is 12.2 Å². The zero-order valence-corrected chi connectivity index (χ0v) is 6.97. The highest BCUT2D eigenvalue weighted by molar-refractivity contribution is 4.83. The minimum atomic E-state index is -0.381. The summed E-state index contributed by atoms with van der Waals surface area (Å²) in [6.07, 6.45) is 7.45. The molecule has 0 aromatic rings. The molecule has 1 heteroatoms. The second kappa shape index (κ2) is 6.81. The Labute approximate surface area is 63.8 Å². The van der Waals surface area contributed by atoms with Gasteiger partial charge in [0, 0.05) is 0 Å². The van der Waals surface area contributed by atoms with Gasteiger partial charge in [0.05, 0.1) is 6.10 Å². The third-order valence-electron chi connectivity index (χ3n) is 1.48. The lowest BCUT2D eigenvalue weighted by Crippen LogP contribution is -1.98. The fourth-order valence-corrected chi connectivity index (χ4v) is 0.699. The zero-order valence-electron chi connectivity index (χ0n) is 6.97. The quantitative estimate of drug-likeness (QED) is 0.524. The van der Waals surface area contributed by atoms with Crippen LogP contribution in [0.2, 0.25) is 0 Å². The molecular weight excluding hydrogens is 124 g/mol. The molecule has 59 valence electrons. The first-order valence-electron chi connectivity index (χ1n) is 4.12. The van der Waals surface area contributed by atoms with Crippen molar-refractivity contribution < 1.29 is 5.11 Å². The van der Waals surface area contributed by atoms with Gasteiger partial charge in [0.25, 0.3) is 0 Å². The summed E-state index contributed by atoms with van der Waals surface area (Å²) in [6, 6.07) is 0. The molecule has 0 fully saturated rings. The normalized spacial score (nSPS) is 14.3. The van der Waals surface area contributed by atoms with E-state index in [-0.39, 0.29) is 6.10 Å². The minimum absolute atomic E-state index is 0.381. The highest BCUT2D eigenvalue weighted by Gasteiger charge is 1.96. The Hall–Kier alpha value is -0.300. The minimum Gasteiger partial charge on any atom is -0.233 e. The van der Waals surface area contributed by atoms with Gasteiger partial charge in [0.15, 0.2) is 0 Å². The summed E-state index contributed by atoms with van der Waals surface area (Å²) in [5.74, 6) is 0. The molecule has 0 saturated carbocycles. The Morgan fingerprint density at radius 3 is 2.50 bits per heavy atom. The van der Waals surface area contributed by atoms with Crippen molar-refractivity contribution in [2.24, 2.45) is 0 Å². The molecular formula is C9H17O. The lowest BCUT2D eigenvalue weighted by Gasteiger charge is -1.97. The van der Waals surface area contributed by atoms with E-state index in [1.165, 1.54) is 6.42 Å². The fraction of sp³-hybridized carbons (Fsp3) is 0.778. The van der Waals surface area contributed by atoms with Gasteiger partial charge in [-0.25, -0.2) is 5.11 Å². The average molecular weight is 141 g/mol. The standard InChI is InChI=1S/C9H17O/c1-3-5-6-7-8-9(10)4-2/h6-7,9H,3-5,8H2,1-2H3. The summed E-state index contributed by atoms with van der Waals surface area (Å²) >= 11 is 0. The van der Waals surface area contributed by atoms with Crippen LogP contribution in [-0.2, 0) is 5.11 Å². The van der Waals surface area contributed by atoms with Crippen molar-refractivity contribution in [2.75, 3.05) is 0 Å². The SMILES string of the molecule is CCCC=CCC([O])CC. The lowest BCUT2D eigenvalue weighted by molar-refractivity contribution is 0.0882. The Bertz CT molecular complexity index is 86.7. The monoisotopic (exact) mass is 141 g/mol. The molecule has 1 unspecified atom stereocenters. The second-order valence-electron chi connectivity index (χ2n) is 2.53. The molecule has 0 bridgehead atoms. The first-order chi connectivity index (χ1) is 4.81. The predicted molar refractivity (Wildman–Crippen MR) is 43.4 cm³/mol. The van der Waals surface area contributed by atoms with E-state index in [9.17, 15) is 5.11 Å². The average Bonchev–Trinajstić information content (AvgIpc) is 1.98. The van der Waals surface area contributed by atoms with Crippen molar-refractivity contribution in [1.29, 1.82) is 0 Å². The van der Waals surface area contributed by atoms with E-state index in [4.69, 9.17) is 0 Å². The number of unbranched alkanes of at least 4 members (excludes halogenated alkanes) is 1. The Kier molecular flexibility index (Phi) is 6.61. The van der Waals surface area contributed by atoms with Crippen LogP contribution < -0.4 is 0 Å². The molecule has 0 aliphatic carbocycles. The molecule has 0 aromatic heterocycles. The molecule has 0 rings (SSSR count). The van der Waals surface area contributed by atoms with Crippen molar-refractivity contribution in [3.05, 3.63) is 12.2 Å². The van der Waals surface area contributed by atoms with Crippen LogP contribution in [0.5, 0.6) is 0 Å². The molecule has 0 aliphatic rings. The summed E-state index contributed by atoms with van der Waals surface area (Å²) < 4.78 is 0. The fourth-order valence-electron chi connectivity index (χ4n) is 0.699. The largest absolute Gasteiger partial charge is 0.233 e. The molecule has 1 radical (unpaired) electrons. The summed E-state index contributed by atoms with van der Waals surface area (Å²) in [6.45, 7) is 4.07. The van der Waals surface area contributed by atoms with Gasteiger partial charge in [-0.3, -0.25) is 0 Å². The molecule has 0 aromatic carbocycles. The van der Waals surface area contributed by atoms with Crippen LogP contribution in [0.25, 0.3) is 0 Å². The van der Waals surface area contributed by atoms with Crippen LogP contribution in [-0.4, -0.2) is 6.10 Å². The van der Waals surface area contributed by atoms with E-state index >= 15 is 0 Å². The van der Waals surface area contributed by atoms with Gasteiger partial charge >= 0.3 is 0 Å². The molecule has 10 heavy (non-hydrogen) atoms. The maximum atomic E-state index is 10.8. The molecule has 0 amide bonds. The Morgan fingerprint density at radius 1 is 1.30 bits per heavy atom. The number of hydrogen-bond acceptors (Lipinski definition) is 0. The first-order valence-corrected chi connectivity index (χ1v) is 4.12. The zero-order chi connectivity index (χ0) is 7.82. The summed E-state index contributed by atoms with van der Waals surface area (Å²) in [7, 11) is 0. The highest BCUT2D eigenvalue weighted by Crippen LogP contribution is 1.99. The molecule has 0 N–H and O–H groups in total. The second-order valence-corrected chi connectivity index (χ2v) is 2.53. The van der Waals surface area contributed by atoms with Crippen molar-refractivity contribution >= 4 is 0 Å². The Balaban J connectivity index is 3.16. The maximum absolute atomic E-state index is 10.8. The summed E-state index contributed by atoms with van der Waals surface area (Å²) in [5.41, 5.74) is 0. The smallest absolute Gasteiger partial charge is 0.0961 e.